The van der Waals surface area contributed by atoms with E-state index in [9.17, 15) is 14.7 Å². The molecule has 1 amide bonds. The van der Waals surface area contributed by atoms with Gasteiger partial charge in [-0.05, 0) is 84.8 Å². The maximum absolute atomic E-state index is 13.5. The number of carbonyl (C=O) groups is 2. The van der Waals surface area contributed by atoms with Gasteiger partial charge in [-0.3, -0.25) is 14.5 Å². The van der Waals surface area contributed by atoms with E-state index in [1.54, 1.807) is 24.3 Å². The van der Waals surface area contributed by atoms with Crippen LogP contribution in [0.4, 0.5) is 5.69 Å². The summed E-state index contributed by atoms with van der Waals surface area (Å²) < 4.78 is 11.7. The summed E-state index contributed by atoms with van der Waals surface area (Å²) in [6, 6.07) is 19.3. The molecule has 0 aromatic heterocycles. The van der Waals surface area contributed by atoms with E-state index < -0.39 is 17.7 Å². The smallest absolute Gasteiger partial charge is 0.300 e. The van der Waals surface area contributed by atoms with Gasteiger partial charge >= 0.3 is 0 Å². The van der Waals surface area contributed by atoms with Gasteiger partial charge in [0.1, 0.15) is 17.3 Å². The molecule has 1 heterocycles. The number of ether oxygens (including phenoxy) is 2. The summed E-state index contributed by atoms with van der Waals surface area (Å²) in [4.78, 5) is 28.4. The lowest BCUT2D eigenvalue weighted by Gasteiger charge is -2.26. The molecule has 204 valence electrons. The van der Waals surface area contributed by atoms with E-state index in [0.717, 1.165) is 11.1 Å². The number of carbonyl (C=O) groups excluding carboxylic acids is 2. The third-order valence-electron chi connectivity index (χ3n) is 6.52. The largest absolute Gasteiger partial charge is 0.507 e. The highest BCUT2D eigenvalue weighted by molar-refractivity contribution is 6.51. The molecule has 1 N–H and O–H groups in total. The van der Waals surface area contributed by atoms with Crippen molar-refractivity contribution < 1.29 is 24.2 Å². The van der Waals surface area contributed by atoms with Gasteiger partial charge in [0.15, 0.2) is 0 Å². The first-order chi connectivity index (χ1) is 18.6. The van der Waals surface area contributed by atoms with Crippen molar-refractivity contribution in [3.63, 3.8) is 0 Å². The van der Waals surface area contributed by atoms with Crippen LogP contribution in [0.2, 0.25) is 0 Å². The van der Waals surface area contributed by atoms with Gasteiger partial charge < -0.3 is 14.6 Å². The minimum Gasteiger partial charge on any atom is -0.507 e. The first-order valence-electron chi connectivity index (χ1n) is 13.4. The predicted octanol–water partition coefficient (Wildman–Crippen LogP) is 7.00. The van der Waals surface area contributed by atoms with E-state index in [4.69, 9.17) is 9.47 Å². The number of Topliss-reactive ketones (excluding diaryl/α,β-unsaturated/α-hetero) is 1. The summed E-state index contributed by atoms with van der Waals surface area (Å²) in [6.45, 7) is 13.3. The lowest BCUT2D eigenvalue weighted by Crippen LogP contribution is -2.29. The number of hydrogen-bond acceptors (Lipinski definition) is 5. The van der Waals surface area contributed by atoms with Crippen molar-refractivity contribution in [3.05, 3.63) is 94.6 Å². The maximum Gasteiger partial charge on any atom is 0.300 e. The molecule has 0 saturated carbocycles. The lowest BCUT2D eigenvalue weighted by molar-refractivity contribution is -0.132. The van der Waals surface area contributed by atoms with Crippen LogP contribution in [0.15, 0.2) is 72.3 Å². The second-order valence-electron chi connectivity index (χ2n) is 11.0. The zero-order valence-corrected chi connectivity index (χ0v) is 23.5. The Morgan fingerprint density at radius 2 is 1.54 bits per heavy atom. The maximum atomic E-state index is 13.5. The van der Waals surface area contributed by atoms with Crippen LogP contribution in [0, 0.1) is 25.7 Å². The minimum atomic E-state index is -0.803. The van der Waals surface area contributed by atoms with Gasteiger partial charge in [0.25, 0.3) is 11.7 Å². The van der Waals surface area contributed by atoms with Crippen molar-refractivity contribution >= 4 is 23.1 Å². The van der Waals surface area contributed by atoms with Crippen molar-refractivity contribution in [2.75, 3.05) is 18.1 Å². The second kappa shape index (κ2) is 11.8. The van der Waals surface area contributed by atoms with E-state index in [1.807, 2.05) is 56.3 Å². The highest BCUT2D eigenvalue weighted by Gasteiger charge is 2.47. The van der Waals surface area contributed by atoms with Crippen LogP contribution in [0.1, 0.15) is 56.0 Å². The van der Waals surface area contributed by atoms with Crippen molar-refractivity contribution in [1.29, 1.82) is 0 Å². The first kappa shape index (κ1) is 28.0. The van der Waals surface area contributed by atoms with Gasteiger partial charge in [-0.2, -0.15) is 0 Å². The lowest BCUT2D eigenvalue weighted by atomic mass is 9.94. The van der Waals surface area contributed by atoms with E-state index in [0.29, 0.717) is 53.4 Å². The number of anilines is 1. The molecular formula is C33H37NO5. The zero-order chi connectivity index (χ0) is 28.3. The second-order valence-corrected chi connectivity index (χ2v) is 11.0. The molecule has 1 unspecified atom stereocenters. The summed E-state index contributed by atoms with van der Waals surface area (Å²) in [5, 5.41) is 11.5. The van der Waals surface area contributed by atoms with Crippen LogP contribution in [0.3, 0.4) is 0 Å². The van der Waals surface area contributed by atoms with E-state index in [-0.39, 0.29) is 11.3 Å². The van der Waals surface area contributed by atoms with Gasteiger partial charge in [-0.1, -0.05) is 52.0 Å². The molecule has 6 nitrogen and oxygen atoms in total. The van der Waals surface area contributed by atoms with Gasteiger partial charge in [-0.25, -0.2) is 0 Å². The molecule has 6 heteroatoms. The number of benzene rings is 3. The van der Waals surface area contributed by atoms with Gasteiger partial charge in [0.05, 0.1) is 24.8 Å². The van der Waals surface area contributed by atoms with Crippen LogP contribution in [-0.2, 0) is 9.59 Å². The molecule has 1 aliphatic rings. The monoisotopic (exact) mass is 527 g/mol. The molecular weight excluding hydrogens is 490 g/mol. The number of rotatable bonds is 9. The zero-order valence-electron chi connectivity index (χ0n) is 23.5. The van der Waals surface area contributed by atoms with Crippen LogP contribution in [0.25, 0.3) is 5.76 Å². The third-order valence-corrected chi connectivity index (χ3v) is 6.52. The molecule has 0 aliphatic carbocycles. The molecule has 1 atom stereocenters. The van der Waals surface area contributed by atoms with Crippen molar-refractivity contribution in [2.24, 2.45) is 11.8 Å². The third kappa shape index (κ3) is 6.17. The fourth-order valence-corrected chi connectivity index (χ4v) is 4.57. The van der Waals surface area contributed by atoms with Crippen LogP contribution in [0.5, 0.6) is 11.5 Å². The van der Waals surface area contributed by atoms with Crippen molar-refractivity contribution in [1.82, 2.24) is 0 Å². The standard InChI is InChI=1S/C33H37NO5/c1-20(2)18-38-27-13-10-24(11-14-27)30-29(32(36)33(37)34(30)26-9-7-8-22(5)16-26)31(35)25-12-15-28(23(6)17-25)39-19-21(3)4/h7-17,20-21,30,35H,18-19H2,1-6H3/b31-29-. The molecule has 3 aromatic rings. The topological polar surface area (TPSA) is 76.1 Å². The molecule has 4 rings (SSSR count). The molecule has 3 aromatic carbocycles. The van der Waals surface area contributed by atoms with Crippen LogP contribution < -0.4 is 14.4 Å². The number of amides is 1. The highest BCUT2D eigenvalue weighted by Crippen LogP contribution is 2.43. The normalized spacial score (nSPS) is 16.8. The summed E-state index contributed by atoms with van der Waals surface area (Å²) in [5.41, 5.74) is 3.58. The number of aliphatic hydroxyl groups excluding tert-OH is 1. The number of ketones is 1. The van der Waals surface area contributed by atoms with Crippen LogP contribution in [-0.4, -0.2) is 30.0 Å². The Hall–Kier alpha value is -4.06. The Kier molecular flexibility index (Phi) is 8.44. The molecule has 1 saturated heterocycles. The Bertz CT molecular complexity index is 1390. The average molecular weight is 528 g/mol. The van der Waals surface area contributed by atoms with Crippen molar-refractivity contribution in [3.8, 4) is 11.5 Å². The summed E-state index contributed by atoms with van der Waals surface area (Å²) in [6.07, 6.45) is 0. The predicted molar refractivity (Wildman–Crippen MR) is 154 cm³/mol. The Balaban J connectivity index is 1.81. The summed E-state index contributed by atoms with van der Waals surface area (Å²) in [5.74, 6) is 0.549. The van der Waals surface area contributed by atoms with Gasteiger partial charge in [0.2, 0.25) is 0 Å². The molecule has 0 spiro atoms. The summed E-state index contributed by atoms with van der Waals surface area (Å²) in [7, 11) is 0. The van der Waals surface area contributed by atoms with Gasteiger partial charge in [0, 0.05) is 11.3 Å². The quantitative estimate of drug-likeness (QED) is 0.184. The molecule has 1 fully saturated rings. The van der Waals surface area contributed by atoms with Crippen LogP contribution >= 0.6 is 0 Å². The number of aryl methyl sites for hydroxylation is 2. The summed E-state index contributed by atoms with van der Waals surface area (Å²) >= 11 is 0. The Morgan fingerprint density at radius 1 is 0.872 bits per heavy atom. The number of hydrogen-bond donors (Lipinski definition) is 1. The fourth-order valence-electron chi connectivity index (χ4n) is 4.57. The van der Waals surface area contributed by atoms with E-state index in [1.165, 1.54) is 4.90 Å². The minimum absolute atomic E-state index is 0.0487. The van der Waals surface area contributed by atoms with E-state index in [2.05, 4.69) is 27.7 Å². The SMILES string of the molecule is Cc1cccc(N2C(=O)C(=O)/C(=C(\O)c3ccc(OCC(C)C)c(C)c3)C2c2ccc(OCC(C)C)cc2)c1. The van der Waals surface area contributed by atoms with Crippen molar-refractivity contribution in [2.45, 2.75) is 47.6 Å². The van der Waals surface area contributed by atoms with Gasteiger partial charge in [-0.15, -0.1) is 0 Å². The van der Waals surface area contributed by atoms with E-state index >= 15 is 0 Å². The number of aliphatic hydroxyl groups is 1. The molecule has 0 radical (unpaired) electrons. The Morgan fingerprint density at radius 3 is 2.15 bits per heavy atom. The highest BCUT2D eigenvalue weighted by atomic mass is 16.5. The average Bonchev–Trinajstić information content (AvgIpc) is 3.16. The first-order valence-corrected chi connectivity index (χ1v) is 13.4. The molecule has 39 heavy (non-hydrogen) atoms. The molecule has 0 bridgehead atoms. The molecule has 1 aliphatic heterocycles. The fraction of sp³-hybridized carbons (Fsp3) is 0.333. The Labute approximate surface area is 230 Å². The number of nitrogens with zero attached hydrogens (tertiary/aromatic N) is 1.